The Bertz CT molecular complexity index is 1220. The van der Waals surface area contributed by atoms with E-state index in [1.54, 1.807) is 0 Å². The van der Waals surface area contributed by atoms with Crippen LogP contribution in [0.15, 0.2) is 60.9 Å². The molecule has 0 amide bonds. The first-order chi connectivity index (χ1) is 14.7. The molecular weight excluding hydrogens is 382 g/mol. The Morgan fingerprint density at radius 2 is 1.80 bits per heavy atom. The standard InChI is InChI=1S/C22H19N5O3/c28-21(29)15-13-23-27(14-15)22-24-19-12-17(30-16-6-2-1-3-7-16)8-9-18(19)20(25-22)26-10-4-5-11-26/h1-3,6-9,12-14H,4-5,10-11H2,(H,28,29). The van der Waals surface area contributed by atoms with Crippen LogP contribution in [0.3, 0.4) is 0 Å². The van der Waals surface area contributed by atoms with E-state index in [0.29, 0.717) is 17.2 Å². The molecule has 2 aromatic heterocycles. The first kappa shape index (κ1) is 18.1. The van der Waals surface area contributed by atoms with Gasteiger partial charge in [0.05, 0.1) is 17.3 Å². The molecule has 3 heterocycles. The van der Waals surface area contributed by atoms with E-state index in [0.717, 1.165) is 42.9 Å². The highest BCUT2D eigenvalue weighted by Gasteiger charge is 2.20. The number of hydrogen-bond donors (Lipinski definition) is 1. The van der Waals surface area contributed by atoms with E-state index in [1.165, 1.54) is 17.1 Å². The molecule has 8 nitrogen and oxygen atoms in total. The number of nitrogens with zero attached hydrogens (tertiary/aromatic N) is 5. The molecule has 0 radical (unpaired) electrons. The van der Waals surface area contributed by atoms with Crippen LogP contribution in [0.2, 0.25) is 0 Å². The molecule has 1 fully saturated rings. The summed E-state index contributed by atoms with van der Waals surface area (Å²) in [7, 11) is 0. The second-order valence-corrected chi connectivity index (χ2v) is 7.11. The van der Waals surface area contributed by atoms with Crippen molar-refractivity contribution in [3.63, 3.8) is 0 Å². The van der Waals surface area contributed by atoms with Crippen LogP contribution in [-0.2, 0) is 0 Å². The van der Waals surface area contributed by atoms with E-state index in [9.17, 15) is 9.90 Å². The summed E-state index contributed by atoms with van der Waals surface area (Å²) in [5, 5.41) is 14.3. The SMILES string of the molecule is O=C(O)c1cnn(-c2nc(N3CCCC3)c3ccc(Oc4ccccc4)cc3n2)c1. The van der Waals surface area contributed by atoms with Crippen molar-refractivity contribution in [2.24, 2.45) is 0 Å². The van der Waals surface area contributed by atoms with Crippen LogP contribution in [0, 0.1) is 0 Å². The molecule has 1 aliphatic heterocycles. The van der Waals surface area contributed by atoms with Gasteiger partial charge in [-0.1, -0.05) is 18.2 Å². The Morgan fingerprint density at radius 3 is 2.53 bits per heavy atom. The average molecular weight is 401 g/mol. The average Bonchev–Trinajstić information content (AvgIpc) is 3.46. The minimum atomic E-state index is -1.04. The number of fused-ring (bicyclic) bond motifs is 1. The minimum Gasteiger partial charge on any atom is -0.478 e. The van der Waals surface area contributed by atoms with Crippen molar-refractivity contribution in [2.45, 2.75) is 12.8 Å². The number of rotatable bonds is 5. The summed E-state index contributed by atoms with van der Waals surface area (Å²) < 4.78 is 7.35. The molecular formula is C22H19N5O3. The largest absolute Gasteiger partial charge is 0.478 e. The van der Waals surface area contributed by atoms with Gasteiger partial charge in [0.25, 0.3) is 5.95 Å². The molecule has 0 bridgehead atoms. The maximum absolute atomic E-state index is 11.2. The number of carboxylic acids is 1. The van der Waals surface area contributed by atoms with Gasteiger partial charge in [0, 0.05) is 30.7 Å². The van der Waals surface area contributed by atoms with Crippen LogP contribution in [0.25, 0.3) is 16.9 Å². The monoisotopic (exact) mass is 401 g/mol. The fraction of sp³-hybridized carbons (Fsp3) is 0.182. The quantitative estimate of drug-likeness (QED) is 0.542. The van der Waals surface area contributed by atoms with Gasteiger partial charge in [-0.2, -0.15) is 10.1 Å². The van der Waals surface area contributed by atoms with Gasteiger partial charge in [0.15, 0.2) is 0 Å². The fourth-order valence-electron chi connectivity index (χ4n) is 3.58. The number of carbonyl (C=O) groups is 1. The smallest absolute Gasteiger partial charge is 0.338 e. The van der Waals surface area contributed by atoms with Gasteiger partial charge < -0.3 is 14.7 Å². The van der Waals surface area contributed by atoms with Gasteiger partial charge >= 0.3 is 5.97 Å². The van der Waals surface area contributed by atoms with Gasteiger partial charge in [-0.3, -0.25) is 0 Å². The number of ether oxygens (including phenoxy) is 1. The number of hydrogen-bond acceptors (Lipinski definition) is 6. The number of aromatic nitrogens is 4. The van der Waals surface area contributed by atoms with Crippen LogP contribution in [0.5, 0.6) is 11.5 Å². The lowest BCUT2D eigenvalue weighted by atomic mass is 10.2. The zero-order valence-corrected chi connectivity index (χ0v) is 16.1. The van der Waals surface area contributed by atoms with Crippen molar-refractivity contribution in [1.82, 2.24) is 19.7 Å². The van der Waals surface area contributed by atoms with Crippen LogP contribution in [0.4, 0.5) is 5.82 Å². The summed E-state index contributed by atoms with van der Waals surface area (Å²) in [6.45, 7) is 1.85. The summed E-state index contributed by atoms with van der Waals surface area (Å²) in [6, 6.07) is 15.3. The van der Waals surface area contributed by atoms with E-state index in [1.807, 2.05) is 48.5 Å². The highest BCUT2D eigenvalue weighted by molar-refractivity contribution is 5.91. The molecule has 5 rings (SSSR count). The van der Waals surface area contributed by atoms with E-state index in [4.69, 9.17) is 9.72 Å². The molecule has 1 saturated heterocycles. The third-order valence-electron chi connectivity index (χ3n) is 5.06. The molecule has 0 atom stereocenters. The molecule has 30 heavy (non-hydrogen) atoms. The Labute approximate surface area is 172 Å². The second kappa shape index (κ2) is 7.47. The van der Waals surface area contributed by atoms with Crippen LogP contribution in [-0.4, -0.2) is 43.9 Å². The maximum Gasteiger partial charge on any atom is 0.338 e. The van der Waals surface area contributed by atoms with Crippen molar-refractivity contribution in [2.75, 3.05) is 18.0 Å². The van der Waals surface area contributed by atoms with E-state index < -0.39 is 5.97 Å². The summed E-state index contributed by atoms with van der Waals surface area (Å²) >= 11 is 0. The molecule has 0 unspecified atom stereocenters. The van der Waals surface area contributed by atoms with Gasteiger partial charge in [0.2, 0.25) is 0 Å². The Hall–Kier alpha value is -3.94. The van der Waals surface area contributed by atoms with E-state index in [2.05, 4.69) is 15.0 Å². The predicted molar refractivity (Wildman–Crippen MR) is 112 cm³/mol. The van der Waals surface area contributed by atoms with Crippen LogP contribution in [0.1, 0.15) is 23.2 Å². The van der Waals surface area contributed by atoms with Crippen molar-refractivity contribution in [3.8, 4) is 17.4 Å². The molecule has 150 valence electrons. The van der Waals surface area contributed by atoms with Crippen molar-refractivity contribution < 1.29 is 14.6 Å². The molecule has 0 aliphatic carbocycles. The lowest BCUT2D eigenvalue weighted by Gasteiger charge is -2.19. The minimum absolute atomic E-state index is 0.0857. The number of aromatic carboxylic acids is 1. The van der Waals surface area contributed by atoms with Crippen molar-refractivity contribution in [1.29, 1.82) is 0 Å². The van der Waals surface area contributed by atoms with Gasteiger partial charge in [-0.25, -0.2) is 14.5 Å². The Morgan fingerprint density at radius 1 is 1.00 bits per heavy atom. The van der Waals surface area contributed by atoms with Gasteiger partial charge in [-0.15, -0.1) is 0 Å². The molecule has 4 aromatic rings. The molecule has 2 aromatic carbocycles. The van der Waals surface area contributed by atoms with E-state index in [-0.39, 0.29) is 5.56 Å². The summed E-state index contributed by atoms with van der Waals surface area (Å²) in [4.78, 5) is 22.8. The van der Waals surface area contributed by atoms with Gasteiger partial charge in [0.1, 0.15) is 17.3 Å². The fourth-order valence-corrected chi connectivity index (χ4v) is 3.58. The lowest BCUT2D eigenvalue weighted by Crippen LogP contribution is -2.20. The number of carboxylic acid groups (broad SMARTS) is 1. The zero-order valence-electron chi connectivity index (χ0n) is 16.1. The number of anilines is 1. The summed E-state index contributed by atoms with van der Waals surface area (Å²) in [5.41, 5.74) is 0.797. The maximum atomic E-state index is 11.2. The third-order valence-corrected chi connectivity index (χ3v) is 5.06. The summed E-state index contributed by atoms with van der Waals surface area (Å²) in [5.74, 6) is 1.52. The van der Waals surface area contributed by atoms with Crippen LogP contribution >= 0.6 is 0 Å². The molecule has 0 saturated carbocycles. The molecule has 0 spiro atoms. The van der Waals surface area contributed by atoms with E-state index >= 15 is 0 Å². The van der Waals surface area contributed by atoms with Crippen LogP contribution < -0.4 is 9.64 Å². The molecule has 1 aliphatic rings. The lowest BCUT2D eigenvalue weighted by molar-refractivity contribution is 0.0697. The topological polar surface area (TPSA) is 93.4 Å². The first-order valence-electron chi connectivity index (χ1n) is 9.75. The summed E-state index contributed by atoms with van der Waals surface area (Å²) in [6.07, 6.45) is 4.93. The molecule has 1 N–H and O–H groups in total. The normalized spacial score (nSPS) is 13.7. The van der Waals surface area contributed by atoms with Gasteiger partial charge in [-0.05, 0) is 37.1 Å². The Balaban J connectivity index is 1.61. The highest BCUT2D eigenvalue weighted by Crippen LogP contribution is 2.31. The predicted octanol–water partition coefficient (Wildman–Crippen LogP) is 3.91. The number of para-hydroxylation sites is 1. The van der Waals surface area contributed by atoms with Crippen molar-refractivity contribution >= 4 is 22.7 Å². The third kappa shape index (κ3) is 3.43. The first-order valence-corrected chi connectivity index (χ1v) is 9.75. The molecule has 8 heteroatoms. The second-order valence-electron chi connectivity index (χ2n) is 7.11. The highest BCUT2D eigenvalue weighted by atomic mass is 16.5. The zero-order chi connectivity index (χ0) is 20.5. The van der Waals surface area contributed by atoms with Crippen molar-refractivity contribution in [3.05, 3.63) is 66.5 Å². The Kier molecular flexibility index (Phi) is 4.51. The number of benzene rings is 2.